The first-order valence-electron chi connectivity index (χ1n) is 7.25. The summed E-state index contributed by atoms with van der Waals surface area (Å²) in [5, 5.41) is 11.8. The molecule has 1 unspecified atom stereocenters. The topological polar surface area (TPSA) is 61.8 Å². The summed E-state index contributed by atoms with van der Waals surface area (Å²) >= 11 is 0. The van der Waals surface area contributed by atoms with E-state index in [9.17, 15) is 18.7 Å². The van der Waals surface area contributed by atoms with E-state index in [1.54, 1.807) is 12.1 Å². The highest BCUT2D eigenvalue weighted by Crippen LogP contribution is 2.25. The van der Waals surface area contributed by atoms with Crippen molar-refractivity contribution in [3.63, 3.8) is 0 Å². The summed E-state index contributed by atoms with van der Waals surface area (Å²) in [6, 6.07) is 6.09. The van der Waals surface area contributed by atoms with Gasteiger partial charge in [0.25, 0.3) is 0 Å². The molecular formula is C15H20F2N2O3. The minimum Gasteiger partial charge on any atom is -0.433 e. The molecule has 1 heterocycles. The molecule has 1 aromatic carbocycles. The second-order valence-electron chi connectivity index (χ2n) is 5.35. The molecule has 1 atom stereocenters. The van der Waals surface area contributed by atoms with Gasteiger partial charge < -0.3 is 15.2 Å². The monoisotopic (exact) mass is 314 g/mol. The Labute approximate surface area is 127 Å². The van der Waals surface area contributed by atoms with Gasteiger partial charge in [-0.15, -0.1) is 0 Å². The average molecular weight is 314 g/mol. The fraction of sp³-hybridized carbons (Fsp3) is 0.533. The van der Waals surface area contributed by atoms with Crippen molar-refractivity contribution in [2.45, 2.75) is 19.5 Å². The first-order chi connectivity index (χ1) is 10.6. The zero-order chi connectivity index (χ0) is 15.9. The Bertz CT molecular complexity index is 499. The van der Waals surface area contributed by atoms with Crippen molar-refractivity contribution in [1.29, 1.82) is 0 Å². The Morgan fingerprint density at radius 3 is 2.95 bits per heavy atom. The van der Waals surface area contributed by atoms with Gasteiger partial charge in [0.05, 0.1) is 12.2 Å². The van der Waals surface area contributed by atoms with Crippen LogP contribution in [0.15, 0.2) is 24.3 Å². The molecule has 1 aliphatic heterocycles. The Balaban J connectivity index is 1.92. The van der Waals surface area contributed by atoms with Crippen molar-refractivity contribution in [1.82, 2.24) is 4.90 Å². The number of halogens is 2. The lowest BCUT2D eigenvalue weighted by Crippen LogP contribution is -2.41. The number of aliphatic hydroxyl groups excluding tert-OH is 1. The van der Waals surface area contributed by atoms with Crippen molar-refractivity contribution < 1.29 is 23.4 Å². The molecule has 0 aliphatic carbocycles. The Morgan fingerprint density at radius 2 is 2.23 bits per heavy atom. The van der Waals surface area contributed by atoms with Gasteiger partial charge >= 0.3 is 6.61 Å². The number of aliphatic hydroxyl groups is 1. The van der Waals surface area contributed by atoms with E-state index in [2.05, 4.69) is 10.1 Å². The molecule has 5 nitrogen and oxygen atoms in total. The summed E-state index contributed by atoms with van der Waals surface area (Å²) in [4.78, 5) is 14.0. The number of carbonyl (C=O) groups excluding carboxylic acids is 1. The summed E-state index contributed by atoms with van der Waals surface area (Å²) in [6.07, 6.45) is 1.89. The minimum atomic E-state index is -2.94. The van der Waals surface area contributed by atoms with Gasteiger partial charge in [-0.2, -0.15) is 8.78 Å². The number of carbonyl (C=O) groups is 1. The first-order valence-corrected chi connectivity index (χ1v) is 7.25. The predicted molar refractivity (Wildman–Crippen MR) is 78.0 cm³/mol. The van der Waals surface area contributed by atoms with Crippen molar-refractivity contribution in [2.75, 3.05) is 31.6 Å². The molecule has 1 amide bonds. The summed E-state index contributed by atoms with van der Waals surface area (Å²) < 4.78 is 29.0. The van der Waals surface area contributed by atoms with Gasteiger partial charge in [0, 0.05) is 13.2 Å². The van der Waals surface area contributed by atoms with E-state index in [1.165, 1.54) is 12.1 Å². The van der Waals surface area contributed by atoms with Crippen LogP contribution in [0.3, 0.4) is 0 Å². The van der Waals surface area contributed by atoms with E-state index < -0.39 is 6.61 Å². The van der Waals surface area contributed by atoms with Crippen molar-refractivity contribution >= 4 is 11.6 Å². The molecule has 122 valence electrons. The minimum absolute atomic E-state index is 0.0577. The van der Waals surface area contributed by atoms with E-state index in [0.717, 1.165) is 19.4 Å². The summed E-state index contributed by atoms with van der Waals surface area (Å²) in [5.41, 5.74) is 0.225. The van der Waals surface area contributed by atoms with Crippen molar-refractivity contribution in [2.24, 2.45) is 5.92 Å². The van der Waals surface area contributed by atoms with E-state index in [1.807, 2.05) is 4.90 Å². The van der Waals surface area contributed by atoms with Gasteiger partial charge in [-0.1, -0.05) is 12.1 Å². The maximum atomic E-state index is 12.3. The van der Waals surface area contributed by atoms with Gasteiger partial charge in [0.2, 0.25) is 5.91 Å². The lowest BCUT2D eigenvalue weighted by molar-refractivity contribution is -0.117. The quantitative estimate of drug-likeness (QED) is 0.842. The molecule has 0 saturated carbocycles. The van der Waals surface area contributed by atoms with E-state index in [-0.39, 0.29) is 36.4 Å². The normalized spacial score (nSPS) is 19.2. The number of rotatable bonds is 6. The molecule has 2 rings (SSSR count). The van der Waals surface area contributed by atoms with Crippen LogP contribution in [0.2, 0.25) is 0 Å². The summed E-state index contributed by atoms with van der Waals surface area (Å²) in [6.45, 7) is -1.20. The fourth-order valence-corrected chi connectivity index (χ4v) is 2.61. The predicted octanol–water partition coefficient (Wildman–Crippen LogP) is 1.93. The van der Waals surface area contributed by atoms with Crippen LogP contribution in [-0.4, -0.2) is 48.8 Å². The van der Waals surface area contributed by atoms with Gasteiger partial charge in [-0.25, -0.2) is 0 Å². The molecule has 1 aromatic rings. The number of hydrogen-bond acceptors (Lipinski definition) is 4. The molecule has 7 heteroatoms. The van der Waals surface area contributed by atoms with Gasteiger partial charge in [-0.05, 0) is 37.4 Å². The molecule has 0 spiro atoms. The number of nitrogens with one attached hydrogen (secondary N) is 1. The zero-order valence-electron chi connectivity index (χ0n) is 12.2. The second kappa shape index (κ2) is 8.05. The SMILES string of the molecule is O=C(CN1CCCC(CO)C1)Nc1ccccc1OC(F)F. The number of likely N-dealkylation sites (tertiary alicyclic amines) is 1. The Morgan fingerprint density at radius 1 is 1.45 bits per heavy atom. The molecule has 1 fully saturated rings. The van der Waals surface area contributed by atoms with Crippen LogP contribution < -0.4 is 10.1 Å². The third-order valence-corrected chi connectivity index (χ3v) is 3.61. The third-order valence-electron chi connectivity index (χ3n) is 3.61. The molecule has 1 saturated heterocycles. The lowest BCUT2D eigenvalue weighted by atomic mass is 9.99. The number of para-hydroxylation sites is 2. The molecule has 0 bridgehead atoms. The number of alkyl halides is 2. The average Bonchev–Trinajstić information content (AvgIpc) is 2.49. The molecule has 22 heavy (non-hydrogen) atoms. The largest absolute Gasteiger partial charge is 0.433 e. The molecule has 0 aromatic heterocycles. The highest BCUT2D eigenvalue weighted by molar-refractivity contribution is 5.93. The number of piperidine rings is 1. The maximum absolute atomic E-state index is 12.3. The van der Waals surface area contributed by atoms with Gasteiger partial charge in [0.15, 0.2) is 0 Å². The van der Waals surface area contributed by atoms with Crippen LogP contribution in [0.25, 0.3) is 0 Å². The lowest BCUT2D eigenvalue weighted by Gasteiger charge is -2.31. The highest BCUT2D eigenvalue weighted by Gasteiger charge is 2.21. The van der Waals surface area contributed by atoms with Crippen LogP contribution in [-0.2, 0) is 4.79 Å². The van der Waals surface area contributed by atoms with Crippen LogP contribution in [0.1, 0.15) is 12.8 Å². The number of amides is 1. The first kappa shape index (κ1) is 16.6. The Kier molecular flexibility index (Phi) is 6.09. The molecular weight excluding hydrogens is 294 g/mol. The van der Waals surface area contributed by atoms with E-state index in [0.29, 0.717) is 6.54 Å². The molecule has 1 aliphatic rings. The van der Waals surface area contributed by atoms with E-state index >= 15 is 0 Å². The van der Waals surface area contributed by atoms with Gasteiger partial charge in [0.1, 0.15) is 5.75 Å². The molecule has 0 radical (unpaired) electrons. The number of ether oxygens (including phenoxy) is 1. The summed E-state index contributed by atoms with van der Waals surface area (Å²) in [5.74, 6) is -0.155. The second-order valence-corrected chi connectivity index (χ2v) is 5.35. The number of anilines is 1. The van der Waals surface area contributed by atoms with Crippen LogP contribution >= 0.6 is 0 Å². The van der Waals surface area contributed by atoms with Crippen molar-refractivity contribution in [3.05, 3.63) is 24.3 Å². The zero-order valence-corrected chi connectivity index (χ0v) is 12.2. The molecule has 2 N–H and O–H groups in total. The number of benzene rings is 1. The smallest absolute Gasteiger partial charge is 0.387 e. The van der Waals surface area contributed by atoms with Crippen LogP contribution in [0.5, 0.6) is 5.75 Å². The fourth-order valence-electron chi connectivity index (χ4n) is 2.61. The Hall–Kier alpha value is -1.73. The van der Waals surface area contributed by atoms with E-state index in [4.69, 9.17) is 0 Å². The van der Waals surface area contributed by atoms with Gasteiger partial charge in [-0.3, -0.25) is 9.69 Å². The standard InChI is InChI=1S/C15H20F2N2O3/c16-15(17)22-13-6-2-1-5-12(13)18-14(21)9-19-7-3-4-11(8-19)10-20/h1-2,5-6,11,15,20H,3-4,7-10H2,(H,18,21). The van der Waals surface area contributed by atoms with Crippen LogP contribution in [0.4, 0.5) is 14.5 Å². The highest BCUT2D eigenvalue weighted by atomic mass is 19.3. The number of hydrogen-bond donors (Lipinski definition) is 2. The van der Waals surface area contributed by atoms with Crippen molar-refractivity contribution in [3.8, 4) is 5.75 Å². The number of nitrogens with zero attached hydrogens (tertiary/aromatic N) is 1. The maximum Gasteiger partial charge on any atom is 0.387 e. The third kappa shape index (κ3) is 4.92. The summed E-state index contributed by atoms with van der Waals surface area (Å²) in [7, 11) is 0. The van der Waals surface area contributed by atoms with Crippen LogP contribution in [0, 0.1) is 5.92 Å².